The predicted octanol–water partition coefficient (Wildman–Crippen LogP) is 3.13. The fourth-order valence-electron chi connectivity index (χ4n) is 2.93. The molecule has 2 unspecified atom stereocenters. The van der Waals surface area contributed by atoms with E-state index in [9.17, 15) is 0 Å². The van der Waals surface area contributed by atoms with Crippen molar-refractivity contribution in [1.29, 1.82) is 0 Å². The summed E-state index contributed by atoms with van der Waals surface area (Å²) in [6.45, 7) is 0. The van der Waals surface area contributed by atoms with E-state index in [2.05, 4.69) is 29.2 Å². The van der Waals surface area contributed by atoms with Gasteiger partial charge in [-0.1, -0.05) is 24.3 Å². The molecule has 0 saturated heterocycles. The summed E-state index contributed by atoms with van der Waals surface area (Å²) in [7, 11) is 0. The maximum absolute atomic E-state index is 6.42. The molecule has 3 heteroatoms. The lowest BCUT2D eigenvalue weighted by Crippen LogP contribution is -2.32. The Kier molecular flexibility index (Phi) is 3.43. The van der Waals surface area contributed by atoms with Crippen LogP contribution in [-0.2, 0) is 12.8 Å². The molecule has 0 amide bonds. The first-order chi connectivity index (χ1) is 8.84. The highest BCUT2D eigenvalue weighted by atomic mass is 32.1. The van der Waals surface area contributed by atoms with E-state index in [1.54, 1.807) is 11.3 Å². The first kappa shape index (κ1) is 11.9. The average Bonchev–Trinajstić information content (AvgIpc) is 2.91. The Hall–Kier alpha value is -1.19. The summed E-state index contributed by atoms with van der Waals surface area (Å²) in [5.74, 6) is 0.499. The van der Waals surface area contributed by atoms with Gasteiger partial charge in [-0.15, -0.1) is 11.3 Å². The Balaban J connectivity index is 1.80. The zero-order valence-corrected chi connectivity index (χ0v) is 11.2. The van der Waals surface area contributed by atoms with Crippen molar-refractivity contribution in [3.8, 4) is 0 Å². The Morgan fingerprint density at radius 1 is 1.39 bits per heavy atom. The molecule has 0 radical (unpaired) electrons. The second kappa shape index (κ2) is 5.21. The lowest BCUT2D eigenvalue weighted by atomic mass is 9.78. The lowest BCUT2D eigenvalue weighted by molar-refractivity contribution is 0.459. The van der Waals surface area contributed by atoms with Gasteiger partial charge in [0.2, 0.25) is 0 Å². The molecule has 0 bridgehead atoms. The van der Waals surface area contributed by atoms with Crippen molar-refractivity contribution in [2.45, 2.75) is 37.6 Å². The predicted molar refractivity (Wildman–Crippen MR) is 75.9 cm³/mol. The van der Waals surface area contributed by atoms with Gasteiger partial charge in [0.25, 0.3) is 0 Å². The summed E-state index contributed by atoms with van der Waals surface area (Å²) in [6.07, 6.45) is 6.44. The van der Waals surface area contributed by atoms with E-state index in [-0.39, 0.29) is 6.04 Å². The third-order valence-electron chi connectivity index (χ3n) is 3.83. The van der Waals surface area contributed by atoms with Gasteiger partial charge >= 0.3 is 0 Å². The van der Waals surface area contributed by atoms with Crippen molar-refractivity contribution >= 4 is 11.3 Å². The molecular formula is C15H18N2S. The second-order valence-corrected chi connectivity index (χ2v) is 5.97. The Labute approximate surface area is 112 Å². The van der Waals surface area contributed by atoms with Gasteiger partial charge in [-0.05, 0) is 36.3 Å². The Bertz CT molecular complexity index is 507. The molecule has 94 valence electrons. The Morgan fingerprint density at radius 3 is 3.11 bits per heavy atom. The van der Waals surface area contributed by atoms with Crippen LogP contribution in [0.25, 0.3) is 0 Å². The number of aryl methyl sites for hydroxylation is 1. The zero-order valence-electron chi connectivity index (χ0n) is 10.4. The summed E-state index contributed by atoms with van der Waals surface area (Å²) < 4.78 is 0. The topological polar surface area (TPSA) is 38.9 Å². The molecule has 1 aliphatic rings. The first-order valence-electron chi connectivity index (χ1n) is 6.56. The minimum atomic E-state index is 0.192. The monoisotopic (exact) mass is 258 g/mol. The minimum absolute atomic E-state index is 0.192. The van der Waals surface area contributed by atoms with Crippen LogP contribution in [0, 0.1) is 0 Å². The van der Waals surface area contributed by atoms with Crippen LogP contribution in [0.2, 0.25) is 0 Å². The molecule has 2 aromatic rings. The highest BCUT2D eigenvalue weighted by Gasteiger charge is 2.25. The van der Waals surface area contributed by atoms with Crippen LogP contribution >= 0.6 is 11.3 Å². The van der Waals surface area contributed by atoms with Crippen LogP contribution in [0.4, 0.5) is 0 Å². The van der Waals surface area contributed by atoms with Gasteiger partial charge in [0.15, 0.2) is 0 Å². The van der Waals surface area contributed by atoms with Crippen LogP contribution in [0.1, 0.15) is 34.9 Å². The average molecular weight is 258 g/mol. The highest BCUT2D eigenvalue weighted by Crippen LogP contribution is 2.34. The van der Waals surface area contributed by atoms with E-state index in [1.807, 2.05) is 11.6 Å². The maximum atomic E-state index is 6.42. The molecule has 18 heavy (non-hydrogen) atoms. The number of nitrogens with two attached hydrogens (primary N) is 1. The van der Waals surface area contributed by atoms with E-state index >= 15 is 0 Å². The van der Waals surface area contributed by atoms with Crippen molar-refractivity contribution in [3.63, 3.8) is 0 Å². The number of benzene rings is 1. The van der Waals surface area contributed by atoms with Gasteiger partial charge in [0, 0.05) is 24.0 Å². The SMILES string of the molecule is NC(Cc1nccs1)C1CCCc2ccccc21. The van der Waals surface area contributed by atoms with Crippen LogP contribution in [-0.4, -0.2) is 11.0 Å². The molecule has 0 aliphatic heterocycles. The fourth-order valence-corrected chi connectivity index (χ4v) is 3.62. The summed E-state index contributed by atoms with van der Waals surface area (Å²) >= 11 is 1.71. The molecule has 2 N–H and O–H groups in total. The molecule has 1 aromatic carbocycles. The smallest absolute Gasteiger partial charge is 0.0940 e. The second-order valence-electron chi connectivity index (χ2n) is 4.99. The van der Waals surface area contributed by atoms with Crippen LogP contribution < -0.4 is 5.73 Å². The Morgan fingerprint density at radius 2 is 2.28 bits per heavy atom. The molecule has 0 spiro atoms. The molecule has 0 fully saturated rings. The molecule has 1 aromatic heterocycles. The quantitative estimate of drug-likeness (QED) is 0.918. The molecular weight excluding hydrogens is 240 g/mol. The standard InChI is InChI=1S/C15H18N2S/c16-14(10-15-17-8-9-18-15)13-7-3-5-11-4-1-2-6-12(11)13/h1-2,4,6,8-9,13-14H,3,5,7,10,16H2. The van der Waals surface area contributed by atoms with Crippen molar-refractivity contribution in [2.24, 2.45) is 5.73 Å². The van der Waals surface area contributed by atoms with Gasteiger partial charge in [-0.25, -0.2) is 4.98 Å². The number of fused-ring (bicyclic) bond motifs is 1. The number of rotatable bonds is 3. The van der Waals surface area contributed by atoms with Gasteiger partial charge < -0.3 is 5.73 Å². The van der Waals surface area contributed by atoms with Crippen molar-refractivity contribution < 1.29 is 0 Å². The van der Waals surface area contributed by atoms with Crippen molar-refractivity contribution in [2.75, 3.05) is 0 Å². The third kappa shape index (κ3) is 2.33. The first-order valence-corrected chi connectivity index (χ1v) is 7.44. The minimum Gasteiger partial charge on any atom is -0.327 e. The van der Waals surface area contributed by atoms with E-state index < -0.39 is 0 Å². The molecule has 1 aliphatic carbocycles. The fraction of sp³-hybridized carbons (Fsp3) is 0.400. The normalized spacial score (nSPS) is 20.4. The number of hydrogen-bond donors (Lipinski definition) is 1. The number of thiazole rings is 1. The maximum Gasteiger partial charge on any atom is 0.0940 e. The summed E-state index contributed by atoms with van der Waals surface area (Å²) in [5.41, 5.74) is 9.38. The molecule has 0 saturated carbocycles. The zero-order chi connectivity index (χ0) is 12.4. The summed E-state index contributed by atoms with van der Waals surface area (Å²) in [5, 5.41) is 3.18. The molecule has 1 heterocycles. The van der Waals surface area contributed by atoms with Crippen LogP contribution in [0.15, 0.2) is 35.8 Å². The van der Waals surface area contributed by atoms with E-state index in [0.717, 1.165) is 11.4 Å². The highest BCUT2D eigenvalue weighted by molar-refractivity contribution is 7.09. The van der Waals surface area contributed by atoms with E-state index in [4.69, 9.17) is 5.73 Å². The molecule has 2 nitrogen and oxygen atoms in total. The lowest BCUT2D eigenvalue weighted by Gasteiger charge is -2.29. The largest absolute Gasteiger partial charge is 0.327 e. The van der Waals surface area contributed by atoms with E-state index in [0.29, 0.717) is 5.92 Å². The van der Waals surface area contributed by atoms with E-state index in [1.165, 1.54) is 30.4 Å². The summed E-state index contributed by atoms with van der Waals surface area (Å²) in [4.78, 5) is 4.35. The van der Waals surface area contributed by atoms with Crippen molar-refractivity contribution in [1.82, 2.24) is 4.98 Å². The van der Waals surface area contributed by atoms with Gasteiger partial charge in [0.1, 0.15) is 0 Å². The van der Waals surface area contributed by atoms with Crippen LogP contribution in [0.5, 0.6) is 0 Å². The van der Waals surface area contributed by atoms with Crippen molar-refractivity contribution in [3.05, 3.63) is 52.0 Å². The van der Waals surface area contributed by atoms with Gasteiger partial charge in [-0.3, -0.25) is 0 Å². The number of hydrogen-bond acceptors (Lipinski definition) is 3. The third-order valence-corrected chi connectivity index (χ3v) is 4.63. The van der Waals surface area contributed by atoms with Gasteiger partial charge in [0.05, 0.1) is 5.01 Å². The summed E-state index contributed by atoms with van der Waals surface area (Å²) in [6, 6.07) is 8.96. The molecule has 2 atom stereocenters. The number of nitrogens with zero attached hydrogens (tertiary/aromatic N) is 1. The number of aromatic nitrogens is 1. The molecule has 3 rings (SSSR count). The van der Waals surface area contributed by atoms with Crippen LogP contribution in [0.3, 0.4) is 0 Å². The van der Waals surface area contributed by atoms with Gasteiger partial charge in [-0.2, -0.15) is 0 Å².